The number of hydrogen-bond donors (Lipinski definition) is 0. The Balaban J connectivity index is 1.46. The third kappa shape index (κ3) is 3.99. The topological polar surface area (TPSA) is 12.4 Å². The minimum Gasteiger partial charge on any atom is -0.282 e. The highest BCUT2D eigenvalue weighted by Crippen LogP contribution is 2.28. The van der Waals surface area contributed by atoms with Gasteiger partial charge in [0.2, 0.25) is 0 Å². The Morgan fingerprint density at radius 2 is 1.76 bits per heavy atom. The third-order valence-electron chi connectivity index (χ3n) is 5.17. The fourth-order valence-electron chi connectivity index (χ4n) is 3.78. The molecule has 0 amide bonds. The zero-order chi connectivity index (χ0) is 16.9. The van der Waals surface area contributed by atoms with Gasteiger partial charge in [-0.25, -0.2) is 0 Å². The van der Waals surface area contributed by atoms with Gasteiger partial charge in [0.15, 0.2) is 0 Å². The van der Waals surface area contributed by atoms with E-state index in [1.165, 1.54) is 28.8 Å². The Hall–Kier alpha value is -2.41. The van der Waals surface area contributed by atoms with Gasteiger partial charge in [-0.15, -0.1) is 0 Å². The molecule has 3 aliphatic rings. The second-order valence-corrected chi connectivity index (χ2v) is 7.00. The van der Waals surface area contributed by atoms with E-state index in [-0.39, 0.29) is 6.04 Å². The van der Waals surface area contributed by atoms with Crippen LogP contribution in [0.1, 0.15) is 43.6 Å². The van der Waals surface area contributed by atoms with E-state index in [1.807, 2.05) is 0 Å². The van der Waals surface area contributed by atoms with Crippen molar-refractivity contribution in [3.8, 4) is 0 Å². The molecule has 0 fully saturated rings. The SMILES string of the molecule is C1=CC(C2=CC(N=C3C=CC(c4ccccc4)CC3)CC=C2)=CCC1. The summed E-state index contributed by atoms with van der Waals surface area (Å²) in [6.07, 6.45) is 23.9. The lowest BCUT2D eigenvalue weighted by molar-refractivity contribution is 0.742. The summed E-state index contributed by atoms with van der Waals surface area (Å²) >= 11 is 0. The number of allylic oxidation sites excluding steroid dienone is 8. The molecule has 1 heteroatoms. The van der Waals surface area contributed by atoms with Gasteiger partial charge in [0.05, 0.1) is 6.04 Å². The molecule has 0 heterocycles. The van der Waals surface area contributed by atoms with Crippen molar-refractivity contribution in [2.75, 3.05) is 0 Å². The molecule has 4 rings (SSSR count). The maximum atomic E-state index is 5.02. The minimum atomic E-state index is 0.282. The van der Waals surface area contributed by atoms with Crippen LogP contribution in [-0.4, -0.2) is 11.8 Å². The summed E-state index contributed by atoms with van der Waals surface area (Å²) in [5.41, 5.74) is 5.35. The van der Waals surface area contributed by atoms with Crippen LogP contribution in [0, 0.1) is 0 Å². The first-order valence-corrected chi connectivity index (χ1v) is 9.44. The third-order valence-corrected chi connectivity index (χ3v) is 5.17. The molecular formula is C24H25N. The second kappa shape index (κ2) is 7.65. The molecule has 1 nitrogen and oxygen atoms in total. The average Bonchev–Trinajstić information content (AvgIpc) is 2.70. The predicted octanol–water partition coefficient (Wildman–Crippen LogP) is 6.09. The van der Waals surface area contributed by atoms with Crippen LogP contribution in [0.25, 0.3) is 0 Å². The molecule has 25 heavy (non-hydrogen) atoms. The molecule has 0 saturated carbocycles. The van der Waals surface area contributed by atoms with Crippen molar-refractivity contribution in [3.05, 3.63) is 95.6 Å². The van der Waals surface area contributed by atoms with Crippen molar-refractivity contribution >= 4 is 5.71 Å². The highest BCUT2D eigenvalue weighted by Gasteiger charge is 2.16. The monoisotopic (exact) mass is 327 g/mol. The Kier molecular flexibility index (Phi) is 4.92. The van der Waals surface area contributed by atoms with E-state index in [1.54, 1.807) is 0 Å². The predicted molar refractivity (Wildman–Crippen MR) is 107 cm³/mol. The summed E-state index contributed by atoms with van der Waals surface area (Å²) in [6.45, 7) is 0. The van der Waals surface area contributed by atoms with Gasteiger partial charge in [-0.05, 0) is 54.9 Å². The lowest BCUT2D eigenvalue weighted by Crippen LogP contribution is -2.12. The highest BCUT2D eigenvalue weighted by atomic mass is 14.8. The summed E-state index contributed by atoms with van der Waals surface area (Å²) in [6, 6.07) is 11.1. The molecule has 0 aromatic heterocycles. The minimum absolute atomic E-state index is 0.282. The van der Waals surface area contributed by atoms with Gasteiger partial charge in [0, 0.05) is 11.6 Å². The van der Waals surface area contributed by atoms with Crippen LogP contribution in [0.2, 0.25) is 0 Å². The van der Waals surface area contributed by atoms with Gasteiger partial charge in [0.25, 0.3) is 0 Å². The van der Waals surface area contributed by atoms with Crippen molar-refractivity contribution in [2.24, 2.45) is 4.99 Å². The van der Waals surface area contributed by atoms with E-state index in [4.69, 9.17) is 4.99 Å². The molecule has 3 aliphatic carbocycles. The summed E-state index contributed by atoms with van der Waals surface area (Å²) in [7, 11) is 0. The summed E-state index contributed by atoms with van der Waals surface area (Å²) < 4.78 is 0. The number of nitrogens with zero attached hydrogens (tertiary/aromatic N) is 1. The first kappa shape index (κ1) is 16.1. The number of aliphatic imine (C=N–C) groups is 1. The van der Waals surface area contributed by atoms with E-state index in [9.17, 15) is 0 Å². The van der Waals surface area contributed by atoms with Gasteiger partial charge in [-0.3, -0.25) is 4.99 Å². The fourth-order valence-corrected chi connectivity index (χ4v) is 3.78. The lowest BCUT2D eigenvalue weighted by atomic mass is 9.88. The number of benzene rings is 1. The summed E-state index contributed by atoms with van der Waals surface area (Å²) in [4.78, 5) is 5.02. The van der Waals surface area contributed by atoms with Crippen molar-refractivity contribution in [3.63, 3.8) is 0 Å². The Morgan fingerprint density at radius 3 is 2.52 bits per heavy atom. The molecule has 0 radical (unpaired) electrons. The molecule has 0 spiro atoms. The molecule has 2 unspecified atom stereocenters. The normalized spacial score (nSPS) is 27.3. The van der Waals surface area contributed by atoms with Gasteiger partial charge in [-0.2, -0.15) is 0 Å². The van der Waals surface area contributed by atoms with Crippen molar-refractivity contribution in [1.29, 1.82) is 0 Å². The van der Waals surface area contributed by atoms with Crippen LogP contribution in [0.15, 0.2) is 95.1 Å². The fraction of sp³-hybridized carbons (Fsp3) is 0.292. The Bertz CT molecular complexity index is 787. The van der Waals surface area contributed by atoms with Crippen LogP contribution in [0.4, 0.5) is 0 Å². The average molecular weight is 327 g/mol. The molecule has 0 bridgehead atoms. The molecule has 0 N–H and O–H groups in total. The largest absolute Gasteiger partial charge is 0.282 e. The number of rotatable bonds is 3. The maximum Gasteiger partial charge on any atom is 0.0726 e. The molecule has 126 valence electrons. The zero-order valence-corrected chi connectivity index (χ0v) is 14.6. The Labute approximate surface area is 150 Å². The van der Waals surface area contributed by atoms with Crippen LogP contribution in [0.3, 0.4) is 0 Å². The molecular weight excluding hydrogens is 302 g/mol. The first-order chi connectivity index (χ1) is 12.4. The van der Waals surface area contributed by atoms with Gasteiger partial charge < -0.3 is 0 Å². The first-order valence-electron chi connectivity index (χ1n) is 9.44. The van der Waals surface area contributed by atoms with E-state index in [0.717, 1.165) is 25.7 Å². The van der Waals surface area contributed by atoms with Crippen molar-refractivity contribution < 1.29 is 0 Å². The van der Waals surface area contributed by atoms with Crippen LogP contribution >= 0.6 is 0 Å². The quantitative estimate of drug-likeness (QED) is 0.637. The van der Waals surface area contributed by atoms with Crippen LogP contribution in [0.5, 0.6) is 0 Å². The second-order valence-electron chi connectivity index (χ2n) is 7.00. The van der Waals surface area contributed by atoms with E-state index in [0.29, 0.717) is 5.92 Å². The standard InChI is InChI=1S/C24H25N/c1-3-8-19(9-4-1)21-14-16-23(17-15-21)25-24-13-7-12-22(18-24)20-10-5-2-6-11-20/h1,3-5,7-12,14,16,18,21,24H,2,6,13,15,17H2. The summed E-state index contributed by atoms with van der Waals surface area (Å²) in [5.74, 6) is 0.537. The Morgan fingerprint density at radius 1 is 0.880 bits per heavy atom. The molecule has 0 aliphatic heterocycles. The van der Waals surface area contributed by atoms with Crippen molar-refractivity contribution in [2.45, 2.75) is 44.1 Å². The summed E-state index contributed by atoms with van der Waals surface area (Å²) in [5, 5.41) is 0. The highest BCUT2D eigenvalue weighted by molar-refractivity contribution is 5.96. The van der Waals surface area contributed by atoms with Gasteiger partial charge >= 0.3 is 0 Å². The van der Waals surface area contributed by atoms with Gasteiger partial charge in [-0.1, -0.05) is 72.9 Å². The molecule has 1 aromatic rings. The maximum absolute atomic E-state index is 5.02. The van der Waals surface area contributed by atoms with Crippen LogP contribution in [-0.2, 0) is 0 Å². The van der Waals surface area contributed by atoms with Crippen molar-refractivity contribution in [1.82, 2.24) is 0 Å². The van der Waals surface area contributed by atoms with E-state index >= 15 is 0 Å². The number of hydrogen-bond acceptors (Lipinski definition) is 1. The van der Waals surface area contributed by atoms with E-state index in [2.05, 4.69) is 78.9 Å². The van der Waals surface area contributed by atoms with Gasteiger partial charge in [0.1, 0.15) is 0 Å². The molecule has 2 atom stereocenters. The smallest absolute Gasteiger partial charge is 0.0726 e. The molecule has 0 saturated heterocycles. The lowest BCUT2D eigenvalue weighted by Gasteiger charge is -2.20. The molecule has 1 aromatic carbocycles. The van der Waals surface area contributed by atoms with Crippen LogP contribution < -0.4 is 0 Å². The zero-order valence-electron chi connectivity index (χ0n) is 14.6. The van der Waals surface area contributed by atoms with E-state index < -0.39 is 0 Å².